The molecule has 0 radical (unpaired) electrons. The maximum Gasteiger partial charge on any atom is 0.417 e. The van der Waals surface area contributed by atoms with Gasteiger partial charge in [0.05, 0.1) is 10.6 Å². The highest BCUT2D eigenvalue weighted by Crippen LogP contribution is 2.32. The zero-order chi connectivity index (χ0) is 15.1. The molecule has 108 valence electrons. The fourth-order valence-electron chi connectivity index (χ4n) is 1.40. The van der Waals surface area contributed by atoms with E-state index in [4.69, 9.17) is 17.3 Å². The lowest BCUT2D eigenvalue weighted by atomic mass is 10.3. The van der Waals surface area contributed by atoms with Crippen molar-refractivity contribution in [3.63, 3.8) is 0 Å². The summed E-state index contributed by atoms with van der Waals surface area (Å²) in [6, 6.07) is 0.764. The minimum absolute atomic E-state index is 0.0160. The van der Waals surface area contributed by atoms with E-state index in [1.807, 2.05) is 0 Å². The molecule has 0 fully saturated rings. The standard InChI is InChI=1S/C10H10ClF3N6/c1-19(2)9-17-8(15)20(18-9)7-6(11)3-5(4-16-7)10(12,13)14/h3-4H,1-2H3,(H2,15,17,18). The Morgan fingerprint density at radius 3 is 2.45 bits per heavy atom. The first-order valence-corrected chi connectivity index (χ1v) is 5.71. The second-order valence-electron chi connectivity index (χ2n) is 4.10. The van der Waals surface area contributed by atoms with Crippen LogP contribution in [0.2, 0.25) is 5.02 Å². The monoisotopic (exact) mass is 306 g/mol. The fourth-order valence-corrected chi connectivity index (χ4v) is 1.65. The summed E-state index contributed by atoms with van der Waals surface area (Å²) in [6.07, 6.45) is -3.85. The van der Waals surface area contributed by atoms with Gasteiger partial charge in [-0.05, 0) is 6.07 Å². The number of hydrogen-bond donors (Lipinski definition) is 1. The van der Waals surface area contributed by atoms with Gasteiger partial charge in [0.1, 0.15) is 0 Å². The Labute approximate surface area is 117 Å². The molecule has 0 aliphatic carbocycles. The quantitative estimate of drug-likeness (QED) is 0.918. The molecule has 0 saturated heterocycles. The number of nitrogen functional groups attached to an aromatic ring is 1. The van der Waals surface area contributed by atoms with Gasteiger partial charge in [-0.15, -0.1) is 5.10 Å². The molecular weight excluding hydrogens is 297 g/mol. The third-order valence-corrected chi connectivity index (χ3v) is 2.65. The number of halogens is 4. The van der Waals surface area contributed by atoms with E-state index >= 15 is 0 Å². The SMILES string of the molecule is CN(C)c1nc(N)n(-c2ncc(C(F)(F)F)cc2Cl)n1. The van der Waals surface area contributed by atoms with Gasteiger partial charge in [0.25, 0.3) is 0 Å². The number of pyridine rings is 1. The lowest BCUT2D eigenvalue weighted by Gasteiger charge is -2.09. The molecule has 0 aliphatic heterocycles. The van der Waals surface area contributed by atoms with E-state index in [9.17, 15) is 13.2 Å². The summed E-state index contributed by atoms with van der Waals surface area (Å²) in [4.78, 5) is 9.18. The van der Waals surface area contributed by atoms with Gasteiger partial charge in [0.2, 0.25) is 11.9 Å². The Bertz CT molecular complexity index is 636. The first kappa shape index (κ1) is 14.4. The normalized spacial score (nSPS) is 11.7. The van der Waals surface area contributed by atoms with E-state index in [0.29, 0.717) is 12.1 Å². The molecule has 10 heteroatoms. The number of nitrogens with zero attached hydrogens (tertiary/aromatic N) is 5. The average molecular weight is 307 g/mol. The third kappa shape index (κ3) is 2.62. The number of nitrogens with two attached hydrogens (primary N) is 1. The smallest absolute Gasteiger partial charge is 0.368 e. The lowest BCUT2D eigenvalue weighted by Crippen LogP contribution is -2.12. The van der Waals surface area contributed by atoms with Gasteiger partial charge >= 0.3 is 6.18 Å². The summed E-state index contributed by atoms with van der Waals surface area (Å²) in [7, 11) is 3.39. The Morgan fingerprint density at radius 2 is 2.00 bits per heavy atom. The van der Waals surface area contributed by atoms with Crippen LogP contribution in [0.15, 0.2) is 12.3 Å². The van der Waals surface area contributed by atoms with Crippen LogP contribution in [0.4, 0.5) is 25.1 Å². The second kappa shape index (κ2) is 4.82. The highest BCUT2D eigenvalue weighted by Gasteiger charge is 2.32. The summed E-state index contributed by atoms with van der Waals surface area (Å²) in [6.45, 7) is 0. The molecular formula is C10H10ClF3N6. The summed E-state index contributed by atoms with van der Waals surface area (Å²) < 4.78 is 38.7. The molecule has 0 unspecified atom stereocenters. The van der Waals surface area contributed by atoms with Crippen molar-refractivity contribution in [1.29, 1.82) is 0 Å². The fraction of sp³-hybridized carbons (Fsp3) is 0.300. The number of alkyl halides is 3. The van der Waals surface area contributed by atoms with Gasteiger partial charge in [-0.3, -0.25) is 0 Å². The molecule has 2 aromatic heterocycles. The molecule has 2 heterocycles. The predicted octanol–water partition coefficient (Wildman–Crippen LogP) is 1.98. The molecule has 2 N–H and O–H groups in total. The first-order chi connectivity index (χ1) is 9.20. The third-order valence-electron chi connectivity index (χ3n) is 2.37. The van der Waals surface area contributed by atoms with Crippen molar-refractivity contribution >= 4 is 23.5 Å². The van der Waals surface area contributed by atoms with E-state index in [1.165, 1.54) is 0 Å². The minimum atomic E-state index is -4.52. The van der Waals surface area contributed by atoms with Crippen LogP contribution in [-0.2, 0) is 6.18 Å². The lowest BCUT2D eigenvalue weighted by molar-refractivity contribution is -0.137. The maximum atomic E-state index is 12.5. The predicted molar refractivity (Wildman–Crippen MR) is 67.9 cm³/mol. The van der Waals surface area contributed by atoms with E-state index in [2.05, 4.69) is 15.1 Å². The Hall–Kier alpha value is -2.03. The van der Waals surface area contributed by atoms with Gasteiger partial charge < -0.3 is 10.6 Å². The zero-order valence-electron chi connectivity index (χ0n) is 10.5. The zero-order valence-corrected chi connectivity index (χ0v) is 11.2. The van der Waals surface area contributed by atoms with Gasteiger partial charge in [0.15, 0.2) is 5.82 Å². The highest BCUT2D eigenvalue weighted by molar-refractivity contribution is 6.32. The Balaban J connectivity index is 2.49. The maximum absolute atomic E-state index is 12.5. The van der Waals surface area contributed by atoms with Crippen LogP contribution in [0.25, 0.3) is 5.82 Å². The Kier molecular flexibility index (Phi) is 3.46. The summed E-state index contributed by atoms with van der Waals surface area (Å²) >= 11 is 5.81. The van der Waals surface area contributed by atoms with Crippen molar-refractivity contribution in [3.8, 4) is 5.82 Å². The molecule has 6 nitrogen and oxygen atoms in total. The van der Waals surface area contributed by atoms with Crippen molar-refractivity contribution < 1.29 is 13.2 Å². The average Bonchev–Trinajstić information content (AvgIpc) is 2.70. The van der Waals surface area contributed by atoms with Crippen molar-refractivity contribution in [2.45, 2.75) is 6.18 Å². The molecule has 0 aromatic carbocycles. The van der Waals surface area contributed by atoms with Crippen LogP contribution < -0.4 is 10.6 Å². The van der Waals surface area contributed by atoms with E-state index in [-0.39, 0.29) is 16.8 Å². The van der Waals surface area contributed by atoms with Gasteiger partial charge in [-0.1, -0.05) is 11.6 Å². The largest absolute Gasteiger partial charge is 0.417 e. The van der Waals surface area contributed by atoms with E-state index in [0.717, 1.165) is 10.7 Å². The number of hydrogen-bond acceptors (Lipinski definition) is 5. The second-order valence-corrected chi connectivity index (χ2v) is 4.51. The molecule has 0 saturated carbocycles. The van der Waals surface area contributed by atoms with Crippen molar-refractivity contribution in [2.75, 3.05) is 24.7 Å². The molecule has 2 rings (SSSR count). The summed E-state index contributed by atoms with van der Waals surface area (Å²) in [5.74, 6) is 0.251. The molecule has 0 spiro atoms. The first-order valence-electron chi connectivity index (χ1n) is 5.33. The van der Waals surface area contributed by atoms with E-state index in [1.54, 1.807) is 19.0 Å². The van der Waals surface area contributed by atoms with Gasteiger partial charge in [-0.2, -0.15) is 22.8 Å². The van der Waals surface area contributed by atoms with Crippen LogP contribution in [0.3, 0.4) is 0 Å². The van der Waals surface area contributed by atoms with Crippen molar-refractivity contribution in [1.82, 2.24) is 19.7 Å². The van der Waals surface area contributed by atoms with Crippen molar-refractivity contribution in [3.05, 3.63) is 22.8 Å². The van der Waals surface area contributed by atoms with Gasteiger partial charge in [-0.25, -0.2) is 4.98 Å². The van der Waals surface area contributed by atoms with Crippen LogP contribution in [-0.4, -0.2) is 33.8 Å². The van der Waals surface area contributed by atoms with Crippen LogP contribution in [0, 0.1) is 0 Å². The minimum Gasteiger partial charge on any atom is -0.368 e. The molecule has 2 aromatic rings. The molecule has 0 atom stereocenters. The van der Waals surface area contributed by atoms with Gasteiger partial charge in [0, 0.05) is 20.3 Å². The molecule has 20 heavy (non-hydrogen) atoms. The number of anilines is 2. The molecule has 0 amide bonds. The summed E-state index contributed by atoms with van der Waals surface area (Å²) in [5.41, 5.74) is 4.70. The number of rotatable bonds is 2. The molecule has 0 aliphatic rings. The van der Waals surface area contributed by atoms with Crippen LogP contribution in [0.1, 0.15) is 5.56 Å². The van der Waals surface area contributed by atoms with E-state index < -0.39 is 11.7 Å². The Morgan fingerprint density at radius 1 is 1.35 bits per heavy atom. The van der Waals surface area contributed by atoms with Crippen molar-refractivity contribution in [2.24, 2.45) is 0 Å². The highest BCUT2D eigenvalue weighted by atomic mass is 35.5. The molecule has 0 bridgehead atoms. The topological polar surface area (TPSA) is 72.9 Å². The van der Waals surface area contributed by atoms with Crippen LogP contribution in [0.5, 0.6) is 0 Å². The summed E-state index contributed by atoms with van der Waals surface area (Å²) in [5, 5.41) is 3.79. The number of aromatic nitrogens is 4. The van der Waals surface area contributed by atoms with Crippen LogP contribution >= 0.6 is 11.6 Å².